The highest BCUT2D eigenvalue weighted by Crippen LogP contribution is 2.27. The molecule has 0 saturated carbocycles. The standard InChI is InChI=1S/C14H14N2O4S/c17-12-5-6-15-9-14(12)21(18,19)16-8-11-7-10-3-1-2-4-13(10)20-11/h1-6,9,11,16H,7-8H2,(H,15,17). The zero-order valence-corrected chi connectivity index (χ0v) is 11.9. The Balaban J connectivity index is 1.69. The van der Waals surface area contributed by atoms with Crippen molar-refractivity contribution in [3.05, 3.63) is 58.5 Å². The molecule has 3 rings (SSSR count). The van der Waals surface area contributed by atoms with E-state index in [4.69, 9.17) is 4.74 Å². The summed E-state index contributed by atoms with van der Waals surface area (Å²) in [6, 6.07) is 8.76. The average Bonchev–Trinajstić information content (AvgIpc) is 2.88. The minimum Gasteiger partial charge on any atom is -0.488 e. The summed E-state index contributed by atoms with van der Waals surface area (Å²) < 4.78 is 32.3. The van der Waals surface area contributed by atoms with E-state index in [-0.39, 0.29) is 17.5 Å². The molecule has 2 heterocycles. The topological polar surface area (TPSA) is 88.3 Å². The summed E-state index contributed by atoms with van der Waals surface area (Å²) in [5, 5.41) is 0. The summed E-state index contributed by atoms with van der Waals surface area (Å²) in [6.07, 6.45) is 2.94. The van der Waals surface area contributed by atoms with Crippen molar-refractivity contribution in [1.29, 1.82) is 0 Å². The summed E-state index contributed by atoms with van der Waals surface area (Å²) in [6.45, 7) is 0.116. The molecule has 1 aliphatic heterocycles. The van der Waals surface area contributed by atoms with Gasteiger partial charge >= 0.3 is 0 Å². The van der Waals surface area contributed by atoms with E-state index < -0.39 is 15.5 Å². The maximum absolute atomic E-state index is 12.1. The molecule has 0 aliphatic carbocycles. The second-order valence-corrected chi connectivity index (χ2v) is 6.51. The normalized spacial score (nSPS) is 17.2. The molecule has 1 unspecified atom stereocenters. The zero-order chi connectivity index (χ0) is 14.9. The molecule has 0 bridgehead atoms. The molecule has 0 spiro atoms. The van der Waals surface area contributed by atoms with Crippen LogP contribution in [0, 0.1) is 0 Å². The van der Waals surface area contributed by atoms with Gasteiger partial charge in [0.1, 0.15) is 16.7 Å². The first kappa shape index (κ1) is 13.8. The van der Waals surface area contributed by atoms with Crippen LogP contribution in [-0.2, 0) is 16.4 Å². The van der Waals surface area contributed by atoms with E-state index in [9.17, 15) is 13.2 Å². The van der Waals surface area contributed by atoms with E-state index in [0.29, 0.717) is 6.42 Å². The van der Waals surface area contributed by atoms with Crippen molar-refractivity contribution in [2.45, 2.75) is 17.4 Å². The van der Waals surface area contributed by atoms with Crippen molar-refractivity contribution in [3.63, 3.8) is 0 Å². The van der Waals surface area contributed by atoms with Gasteiger partial charge in [-0.3, -0.25) is 4.79 Å². The van der Waals surface area contributed by atoms with E-state index >= 15 is 0 Å². The third-order valence-electron chi connectivity index (χ3n) is 3.29. The van der Waals surface area contributed by atoms with E-state index in [1.807, 2.05) is 24.3 Å². The fraction of sp³-hybridized carbons (Fsp3) is 0.214. The molecule has 0 radical (unpaired) electrons. The fourth-order valence-corrected chi connectivity index (χ4v) is 3.38. The van der Waals surface area contributed by atoms with Gasteiger partial charge < -0.3 is 9.72 Å². The van der Waals surface area contributed by atoms with Crippen LogP contribution in [0.2, 0.25) is 0 Å². The Hall–Kier alpha value is -2.12. The molecule has 2 N–H and O–H groups in total. The van der Waals surface area contributed by atoms with Gasteiger partial charge in [0.25, 0.3) is 0 Å². The van der Waals surface area contributed by atoms with Gasteiger partial charge in [-0.15, -0.1) is 0 Å². The van der Waals surface area contributed by atoms with Crippen LogP contribution >= 0.6 is 0 Å². The molecule has 21 heavy (non-hydrogen) atoms. The monoisotopic (exact) mass is 306 g/mol. The maximum atomic E-state index is 12.1. The van der Waals surface area contributed by atoms with Crippen LogP contribution in [0.1, 0.15) is 5.56 Å². The lowest BCUT2D eigenvalue weighted by molar-refractivity contribution is 0.236. The number of benzene rings is 1. The number of hydrogen-bond acceptors (Lipinski definition) is 4. The van der Waals surface area contributed by atoms with Crippen molar-refractivity contribution in [1.82, 2.24) is 9.71 Å². The summed E-state index contributed by atoms with van der Waals surface area (Å²) in [5.74, 6) is 0.777. The molecule has 1 aromatic carbocycles. The van der Waals surface area contributed by atoms with Gasteiger partial charge in [0.05, 0.1) is 0 Å². The molecule has 0 saturated heterocycles. The number of nitrogens with one attached hydrogen (secondary N) is 2. The summed E-state index contributed by atoms with van der Waals surface area (Å²) in [4.78, 5) is 13.9. The average molecular weight is 306 g/mol. The lowest BCUT2D eigenvalue weighted by atomic mass is 10.1. The number of aromatic amines is 1. The molecule has 1 aliphatic rings. The Kier molecular flexibility index (Phi) is 3.52. The third-order valence-corrected chi connectivity index (χ3v) is 4.74. The first-order valence-corrected chi connectivity index (χ1v) is 7.96. The van der Waals surface area contributed by atoms with Crippen molar-refractivity contribution in [2.75, 3.05) is 6.54 Å². The molecular formula is C14H14N2O4S. The van der Waals surface area contributed by atoms with Crippen molar-refractivity contribution < 1.29 is 13.2 Å². The van der Waals surface area contributed by atoms with Crippen molar-refractivity contribution in [3.8, 4) is 5.75 Å². The molecule has 0 fully saturated rings. The second-order valence-electron chi connectivity index (χ2n) is 4.78. The molecule has 1 atom stereocenters. The van der Waals surface area contributed by atoms with E-state index in [2.05, 4.69) is 9.71 Å². The highest BCUT2D eigenvalue weighted by molar-refractivity contribution is 7.89. The van der Waals surface area contributed by atoms with Gasteiger partial charge in [-0.25, -0.2) is 13.1 Å². The van der Waals surface area contributed by atoms with Gasteiger partial charge in [0.15, 0.2) is 0 Å². The molecule has 2 aromatic rings. The number of aromatic nitrogens is 1. The van der Waals surface area contributed by atoms with E-state index in [1.165, 1.54) is 18.5 Å². The quantitative estimate of drug-likeness (QED) is 0.868. The van der Waals surface area contributed by atoms with Crippen molar-refractivity contribution >= 4 is 10.0 Å². The number of ether oxygens (including phenoxy) is 1. The predicted octanol–water partition coefficient (Wildman–Crippen LogP) is 0.657. The largest absolute Gasteiger partial charge is 0.488 e. The van der Waals surface area contributed by atoms with E-state index in [0.717, 1.165) is 11.3 Å². The molecule has 110 valence electrons. The first-order chi connectivity index (χ1) is 10.1. The van der Waals surface area contributed by atoms with Crippen LogP contribution in [0.25, 0.3) is 0 Å². The minimum atomic E-state index is -3.84. The maximum Gasteiger partial charge on any atom is 0.246 e. The summed E-state index contributed by atoms with van der Waals surface area (Å²) in [5.41, 5.74) is 0.510. The predicted molar refractivity (Wildman–Crippen MR) is 76.8 cm³/mol. The van der Waals surface area contributed by atoms with Crippen LogP contribution in [-0.4, -0.2) is 26.1 Å². The number of fused-ring (bicyclic) bond motifs is 1. The second kappa shape index (κ2) is 5.34. The number of H-pyrrole nitrogens is 1. The highest BCUT2D eigenvalue weighted by atomic mass is 32.2. The highest BCUT2D eigenvalue weighted by Gasteiger charge is 2.25. The minimum absolute atomic E-state index is 0.116. The summed E-state index contributed by atoms with van der Waals surface area (Å²) in [7, 11) is -3.84. The lowest BCUT2D eigenvalue weighted by Crippen LogP contribution is -2.36. The van der Waals surface area contributed by atoms with Gasteiger partial charge in [0, 0.05) is 31.4 Å². The Morgan fingerprint density at radius 2 is 2.10 bits per heavy atom. The molecule has 7 heteroatoms. The van der Waals surface area contributed by atoms with Crippen LogP contribution in [0.3, 0.4) is 0 Å². The van der Waals surface area contributed by atoms with Gasteiger partial charge in [-0.05, 0) is 11.6 Å². The molecular weight excluding hydrogens is 292 g/mol. The zero-order valence-electron chi connectivity index (χ0n) is 11.1. The Labute approximate surface area is 121 Å². The summed E-state index contributed by atoms with van der Waals surface area (Å²) >= 11 is 0. The lowest BCUT2D eigenvalue weighted by Gasteiger charge is -2.12. The number of rotatable bonds is 4. The van der Waals surface area contributed by atoms with Crippen LogP contribution in [0.4, 0.5) is 0 Å². The SMILES string of the molecule is O=c1cc[nH]cc1S(=O)(=O)NCC1Cc2ccccc2O1. The van der Waals surface area contributed by atoms with Crippen LogP contribution in [0.15, 0.2) is 52.4 Å². The first-order valence-electron chi connectivity index (χ1n) is 6.47. The van der Waals surface area contributed by atoms with Gasteiger partial charge in [0.2, 0.25) is 15.5 Å². The van der Waals surface area contributed by atoms with Crippen molar-refractivity contribution in [2.24, 2.45) is 0 Å². The Bertz CT molecular complexity index is 788. The Morgan fingerprint density at radius 3 is 2.86 bits per heavy atom. The molecule has 1 aromatic heterocycles. The number of para-hydroxylation sites is 1. The fourth-order valence-electron chi connectivity index (χ4n) is 2.26. The van der Waals surface area contributed by atoms with Crippen LogP contribution in [0.5, 0.6) is 5.75 Å². The molecule has 0 amide bonds. The van der Waals surface area contributed by atoms with Gasteiger partial charge in [-0.2, -0.15) is 0 Å². The number of sulfonamides is 1. The smallest absolute Gasteiger partial charge is 0.246 e. The molecule has 6 nitrogen and oxygen atoms in total. The van der Waals surface area contributed by atoms with E-state index in [1.54, 1.807) is 0 Å². The van der Waals surface area contributed by atoms with Crippen LogP contribution < -0.4 is 14.9 Å². The third kappa shape index (κ3) is 2.84. The van der Waals surface area contributed by atoms with Gasteiger partial charge in [-0.1, -0.05) is 18.2 Å². The number of pyridine rings is 1. The Morgan fingerprint density at radius 1 is 1.29 bits per heavy atom. The number of hydrogen-bond donors (Lipinski definition) is 2.